The van der Waals surface area contributed by atoms with Gasteiger partial charge in [0.25, 0.3) is 11.3 Å². The van der Waals surface area contributed by atoms with E-state index in [-0.39, 0.29) is 0 Å². The Bertz CT molecular complexity index is 325. The summed E-state index contributed by atoms with van der Waals surface area (Å²) in [4.78, 5) is 0. The summed E-state index contributed by atoms with van der Waals surface area (Å²) in [6, 6.07) is 5.74. The lowest BCUT2D eigenvalue weighted by Crippen LogP contribution is -2.04. The predicted molar refractivity (Wildman–Crippen MR) is 55.0 cm³/mol. The molecule has 0 aromatic heterocycles. The van der Waals surface area contributed by atoms with E-state index in [1.165, 1.54) is 0 Å². The number of hydrogen-bond donors (Lipinski definition) is 2. The van der Waals surface area contributed by atoms with Crippen molar-refractivity contribution in [2.75, 3.05) is 4.72 Å². The summed E-state index contributed by atoms with van der Waals surface area (Å²) in [5.74, 6) is 0. The highest BCUT2D eigenvalue weighted by atomic mass is 32.2. The molecule has 0 amide bonds. The van der Waals surface area contributed by atoms with Gasteiger partial charge in [0, 0.05) is 0 Å². The van der Waals surface area contributed by atoms with Crippen molar-refractivity contribution in [1.29, 1.82) is 0 Å². The second-order valence-corrected chi connectivity index (χ2v) is 3.57. The quantitative estimate of drug-likeness (QED) is 0.732. The van der Waals surface area contributed by atoms with Gasteiger partial charge in [0.15, 0.2) is 0 Å². The van der Waals surface area contributed by atoms with E-state index in [1.807, 2.05) is 32.0 Å². The number of nitrogens with one attached hydrogen (secondary N) is 1. The zero-order chi connectivity index (χ0) is 9.84. The van der Waals surface area contributed by atoms with Gasteiger partial charge in [-0.25, -0.2) is 4.21 Å². The Morgan fingerprint density at radius 2 is 2.23 bits per heavy atom. The zero-order valence-electron chi connectivity index (χ0n) is 7.70. The Labute approximate surface area is 80.6 Å². The van der Waals surface area contributed by atoms with Crippen LogP contribution in [0.1, 0.15) is 18.1 Å². The van der Waals surface area contributed by atoms with Crippen molar-refractivity contribution in [3.05, 3.63) is 29.3 Å². The third-order valence-corrected chi connectivity index (χ3v) is 2.23. The molecule has 1 aromatic rings. The summed E-state index contributed by atoms with van der Waals surface area (Å²) >= 11 is -1.99. The molecule has 1 aromatic carbocycles. The van der Waals surface area contributed by atoms with Gasteiger partial charge < -0.3 is 0 Å². The molecular formula is C9H13NO2S. The van der Waals surface area contributed by atoms with E-state index in [0.717, 1.165) is 23.2 Å². The summed E-state index contributed by atoms with van der Waals surface area (Å²) in [5.41, 5.74) is 2.95. The fourth-order valence-electron chi connectivity index (χ4n) is 1.21. The maximum atomic E-state index is 10.5. The maximum Gasteiger partial charge on any atom is 0.259 e. The average molecular weight is 199 g/mol. The SMILES string of the molecule is CCc1cc(C)ccc1NS(=O)O. The molecule has 0 spiro atoms. The van der Waals surface area contributed by atoms with Gasteiger partial charge in [-0.3, -0.25) is 9.27 Å². The van der Waals surface area contributed by atoms with Gasteiger partial charge in [-0.1, -0.05) is 24.6 Å². The molecular weight excluding hydrogens is 186 g/mol. The second kappa shape index (κ2) is 4.39. The monoisotopic (exact) mass is 199 g/mol. The van der Waals surface area contributed by atoms with E-state index >= 15 is 0 Å². The molecule has 1 unspecified atom stereocenters. The summed E-state index contributed by atoms with van der Waals surface area (Å²) in [7, 11) is 0. The van der Waals surface area contributed by atoms with Crippen molar-refractivity contribution in [3.63, 3.8) is 0 Å². The van der Waals surface area contributed by atoms with Gasteiger partial charge in [0.2, 0.25) is 0 Å². The molecule has 0 aliphatic rings. The van der Waals surface area contributed by atoms with Crippen LogP contribution in [-0.2, 0) is 17.7 Å². The third kappa shape index (κ3) is 2.82. The lowest BCUT2D eigenvalue weighted by Gasteiger charge is -2.07. The second-order valence-electron chi connectivity index (χ2n) is 2.87. The minimum atomic E-state index is -1.99. The van der Waals surface area contributed by atoms with Crippen LogP contribution in [-0.4, -0.2) is 8.76 Å². The number of rotatable bonds is 3. The lowest BCUT2D eigenvalue weighted by atomic mass is 10.1. The van der Waals surface area contributed by atoms with Gasteiger partial charge in [0.1, 0.15) is 0 Å². The molecule has 0 aliphatic carbocycles. The Morgan fingerprint density at radius 1 is 1.54 bits per heavy atom. The van der Waals surface area contributed by atoms with Gasteiger partial charge in [0.05, 0.1) is 5.69 Å². The van der Waals surface area contributed by atoms with E-state index in [0.29, 0.717) is 0 Å². The fourth-order valence-corrected chi connectivity index (χ4v) is 1.60. The van der Waals surface area contributed by atoms with Crippen molar-refractivity contribution in [2.45, 2.75) is 20.3 Å². The first kappa shape index (κ1) is 10.2. The van der Waals surface area contributed by atoms with Crippen LogP contribution in [0.5, 0.6) is 0 Å². The largest absolute Gasteiger partial charge is 0.289 e. The summed E-state index contributed by atoms with van der Waals surface area (Å²) in [5, 5.41) is 0. The molecule has 2 N–H and O–H groups in total. The standard InChI is InChI=1S/C9H13NO2S/c1-3-8-6-7(2)4-5-9(8)10-13(11)12/h4-6,10H,3H2,1-2H3,(H,11,12). The number of aryl methyl sites for hydroxylation is 2. The zero-order valence-corrected chi connectivity index (χ0v) is 8.52. The Hall–Kier alpha value is -0.870. The molecule has 0 fully saturated rings. The number of hydrogen-bond acceptors (Lipinski definition) is 1. The van der Waals surface area contributed by atoms with Crippen LogP contribution in [0.15, 0.2) is 18.2 Å². The number of benzene rings is 1. The van der Waals surface area contributed by atoms with Gasteiger partial charge in [-0.05, 0) is 25.0 Å². The van der Waals surface area contributed by atoms with Crippen molar-refractivity contribution >= 4 is 17.0 Å². The first-order valence-electron chi connectivity index (χ1n) is 4.10. The van der Waals surface area contributed by atoms with Crippen molar-refractivity contribution in [1.82, 2.24) is 0 Å². The molecule has 0 saturated heterocycles. The van der Waals surface area contributed by atoms with Gasteiger partial charge in [-0.2, -0.15) is 0 Å². The first-order chi connectivity index (χ1) is 6.13. The van der Waals surface area contributed by atoms with E-state index in [1.54, 1.807) is 0 Å². The molecule has 13 heavy (non-hydrogen) atoms. The minimum Gasteiger partial charge on any atom is -0.289 e. The normalized spacial score (nSPS) is 12.5. The molecule has 1 atom stereocenters. The van der Waals surface area contributed by atoms with Crippen LogP contribution < -0.4 is 4.72 Å². The van der Waals surface area contributed by atoms with E-state index in [4.69, 9.17) is 4.55 Å². The molecule has 0 radical (unpaired) electrons. The van der Waals surface area contributed by atoms with Crippen molar-refractivity contribution < 1.29 is 8.76 Å². The molecule has 4 heteroatoms. The highest BCUT2D eigenvalue weighted by molar-refractivity contribution is 7.80. The third-order valence-electron chi connectivity index (χ3n) is 1.84. The summed E-state index contributed by atoms with van der Waals surface area (Å²) in [6.07, 6.45) is 0.848. The molecule has 0 bridgehead atoms. The van der Waals surface area contributed by atoms with Crippen LogP contribution in [0.25, 0.3) is 0 Å². The Kier molecular flexibility index (Phi) is 3.45. The molecule has 72 valence electrons. The van der Waals surface area contributed by atoms with Crippen LogP contribution in [0.3, 0.4) is 0 Å². The summed E-state index contributed by atoms with van der Waals surface area (Å²) < 4.78 is 21.7. The van der Waals surface area contributed by atoms with Crippen molar-refractivity contribution in [2.24, 2.45) is 0 Å². The maximum absolute atomic E-state index is 10.5. The van der Waals surface area contributed by atoms with Gasteiger partial charge in [-0.15, -0.1) is 0 Å². The average Bonchev–Trinajstić information content (AvgIpc) is 2.07. The van der Waals surface area contributed by atoms with Gasteiger partial charge >= 0.3 is 0 Å². The van der Waals surface area contributed by atoms with Crippen LogP contribution in [0, 0.1) is 6.92 Å². The summed E-state index contributed by atoms with van der Waals surface area (Å²) in [6.45, 7) is 4.01. The molecule has 0 saturated carbocycles. The topological polar surface area (TPSA) is 49.3 Å². The molecule has 1 rings (SSSR count). The Balaban J connectivity index is 2.99. The van der Waals surface area contributed by atoms with E-state index in [2.05, 4.69) is 4.72 Å². The number of anilines is 1. The van der Waals surface area contributed by atoms with E-state index < -0.39 is 11.3 Å². The van der Waals surface area contributed by atoms with E-state index in [9.17, 15) is 4.21 Å². The fraction of sp³-hybridized carbons (Fsp3) is 0.333. The van der Waals surface area contributed by atoms with Crippen LogP contribution in [0.2, 0.25) is 0 Å². The molecule has 3 nitrogen and oxygen atoms in total. The lowest BCUT2D eigenvalue weighted by molar-refractivity contribution is 0.570. The smallest absolute Gasteiger partial charge is 0.259 e. The Morgan fingerprint density at radius 3 is 2.77 bits per heavy atom. The van der Waals surface area contributed by atoms with Crippen LogP contribution >= 0.6 is 0 Å². The first-order valence-corrected chi connectivity index (χ1v) is 5.21. The van der Waals surface area contributed by atoms with Crippen molar-refractivity contribution in [3.8, 4) is 0 Å². The van der Waals surface area contributed by atoms with Crippen LogP contribution in [0.4, 0.5) is 5.69 Å². The highest BCUT2D eigenvalue weighted by Gasteiger charge is 2.01. The minimum absolute atomic E-state index is 0.730. The molecule has 0 heterocycles. The molecule has 0 aliphatic heterocycles. The predicted octanol–water partition coefficient (Wildman–Crippen LogP) is 2.11. The highest BCUT2D eigenvalue weighted by Crippen LogP contribution is 2.17.